The molecule has 6 nitrogen and oxygen atoms in total. The maximum Gasteiger partial charge on any atom is 0.422 e. The molecular formula is C19H20ClF3N2O4S. The van der Waals surface area contributed by atoms with Crippen LogP contribution in [0.4, 0.5) is 18.9 Å². The second kappa shape index (κ2) is 9.67. The van der Waals surface area contributed by atoms with E-state index in [2.05, 4.69) is 5.32 Å². The highest BCUT2D eigenvalue weighted by Crippen LogP contribution is 2.30. The molecule has 0 spiro atoms. The highest BCUT2D eigenvalue weighted by atomic mass is 35.5. The second-order valence-corrected chi connectivity index (χ2v) is 8.49. The molecule has 0 radical (unpaired) electrons. The van der Waals surface area contributed by atoms with Crippen LogP contribution in [0, 0.1) is 0 Å². The van der Waals surface area contributed by atoms with Gasteiger partial charge in [-0.05, 0) is 36.4 Å². The number of carbonyl (C=O) groups is 1. The Morgan fingerprint density at radius 2 is 1.80 bits per heavy atom. The van der Waals surface area contributed by atoms with Crippen LogP contribution in [0.2, 0.25) is 5.02 Å². The number of sulfonamides is 1. The molecule has 2 aromatic carbocycles. The van der Waals surface area contributed by atoms with Crippen molar-refractivity contribution < 1.29 is 31.1 Å². The van der Waals surface area contributed by atoms with Crippen molar-refractivity contribution in [2.75, 3.05) is 25.0 Å². The summed E-state index contributed by atoms with van der Waals surface area (Å²) in [5.74, 6) is -0.956. The van der Waals surface area contributed by atoms with Gasteiger partial charge in [-0.15, -0.1) is 0 Å². The largest absolute Gasteiger partial charge is 0.482 e. The first-order chi connectivity index (χ1) is 14.0. The summed E-state index contributed by atoms with van der Waals surface area (Å²) >= 11 is 5.87. The molecule has 0 aromatic heterocycles. The lowest BCUT2D eigenvalue weighted by atomic mass is 10.2. The maximum absolute atomic E-state index is 12.7. The average molecular weight is 465 g/mol. The molecule has 0 bridgehead atoms. The van der Waals surface area contributed by atoms with E-state index in [0.29, 0.717) is 0 Å². The predicted molar refractivity (Wildman–Crippen MR) is 108 cm³/mol. The smallest absolute Gasteiger partial charge is 0.422 e. The quantitative estimate of drug-likeness (QED) is 0.621. The molecule has 164 valence electrons. The number of nitrogens with zero attached hydrogens (tertiary/aromatic N) is 1. The van der Waals surface area contributed by atoms with Gasteiger partial charge in [0.1, 0.15) is 5.75 Å². The minimum Gasteiger partial charge on any atom is -0.482 e. The summed E-state index contributed by atoms with van der Waals surface area (Å²) in [6, 6.07) is 9.11. The first-order valence-electron chi connectivity index (χ1n) is 8.88. The Bertz CT molecular complexity index is 1010. The molecule has 2 rings (SSSR count). The number of anilines is 1. The van der Waals surface area contributed by atoms with Gasteiger partial charge in [-0.1, -0.05) is 31.5 Å². The molecule has 1 amide bonds. The highest BCUT2D eigenvalue weighted by molar-refractivity contribution is 7.89. The SMILES string of the molecule is CCN(CC)S(=O)(=O)c1cccc(C(=O)Nc2cc(Cl)ccc2OCC(F)(F)F)c1. The van der Waals surface area contributed by atoms with Crippen molar-refractivity contribution in [3.05, 3.63) is 53.1 Å². The summed E-state index contributed by atoms with van der Waals surface area (Å²) in [6.45, 7) is 2.36. The predicted octanol–water partition coefficient (Wildman–Crippen LogP) is 4.56. The standard InChI is InChI=1S/C19H20ClF3N2O4S/c1-3-25(4-2)30(27,28)15-7-5-6-13(10-15)18(26)24-16-11-14(20)8-9-17(16)29-12-19(21,22)23/h5-11H,3-4,12H2,1-2H3,(H,24,26). The Kier molecular flexibility index (Phi) is 7.73. The highest BCUT2D eigenvalue weighted by Gasteiger charge is 2.29. The normalized spacial score (nSPS) is 12.1. The van der Waals surface area contributed by atoms with Gasteiger partial charge in [0.25, 0.3) is 5.91 Å². The molecule has 11 heteroatoms. The van der Waals surface area contributed by atoms with E-state index in [1.54, 1.807) is 13.8 Å². The summed E-state index contributed by atoms with van der Waals surface area (Å²) in [5, 5.41) is 2.58. The number of carbonyl (C=O) groups excluding carboxylic acids is 1. The summed E-state index contributed by atoms with van der Waals surface area (Å²) in [4.78, 5) is 12.6. The molecule has 0 aliphatic rings. The van der Waals surface area contributed by atoms with Gasteiger partial charge in [0.05, 0.1) is 10.6 Å². The third-order valence-corrected chi connectivity index (χ3v) is 6.30. The number of halogens is 4. The van der Waals surface area contributed by atoms with Crippen molar-refractivity contribution in [1.82, 2.24) is 4.31 Å². The first-order valence-corrected chi connectivity index (χ1v) is 10.7. The lowest BCUT2D eigenvalue weighted by Gasteiger charge is -2.19. The first kappa shape index (κ1) is 24.0. The Balaban J connectivity index is 2.30. The fraction of sp³-hybridized carbons (Fsp3) is 0.316. The Labute approximate surface area is 177 Å². The van der Waals surface area contributed by atoms with Crippen LogP contribution in [-0.4, -0.2) is 44.5 Å². The van der Waals surface area contributed by atoms with Gasteiger partial charge in [-0.25, -0.2) is 8.42 Å². The molecule has 30 heavy (non-hydrogen) atoms. The van der Waals surface area contributed by atoms with Gasteiger partial charge in [-0.2, -0.15) is 17.5 Å². The third kappa shape index (κ3) is 6.10. The summed E-state index contributed by atoms with van der Waals surface area (Å²) < 4.78 is 68.7. The molecule has 2 aromatic rings. The number of nitrogens with one attached hydrogen (secondary N) is 1. The van der Waals surface area contributed by atoms with Gasteiger partial charge in [0.15, 0.2) is 6.61 Å². The fourth-order valence-corrected chi connectivity index (χ4v) is 4.27. The van der Waals surface area contributed by atoms with Gasteiger partial charge in [0.2, 0.25) is 10.0 Å². The van der Waals surface area contributed by atoms with Crippen LogP contribution < -0.4 is 10.1 Å². The molecule has 0 saturated heterocycles. The maximum atomic E-state index is 12.7. The number of ether oxygens (including phenoxy) is 1. The summed E-state index contributed by atoms with van der Waals surface area (Å²) in [7, 11) is -3.79. The lowest BCUT2D eigenvalue weighted by molar-refractivity contribution is -0.153. The van der Waals surface area contributed by atoms with Crippen molar-refractivity contribution in [2.45, 2.75) is 24.9 Å². The Morgan fingerprint density at radius 1 is 1.13 bits per heavy atom. The molecule has 0 unspecified atom stereocenters. The molecule has 1 N–H and O–H groups in total. The van der Waals surface area contributed by atoms with Crippen molar-refractivity contribution in [2.24, 2.45) is 0 Å². The molecule has 0 aliphatic heterocycles. The van der Waals surface area contributed by atoms with E-state index in [1.807, 2.05) is 0 Å². The number of amides is 1. The van der Waals surface area contributed by atoms with Crippen LogP contribution in [0.1, 0.15) is 24.2 Å². The molecule has 0 aliphatic carbocycles. The van der Waals surface area contributed by atoms with E-state index >= 15 is 0 Å². The molecular weight excluding hydrogens is 445 g/mol. The van der Waals surface area contributed by atoms with Crippen LogP contribution in [0.3, 0.4) is 0 Å². The molecule has 0 atom stereocenters. The van der Waals surface area contributed by atoms with Crippen molar-refractivity contribution in [3.8, 4) is 5.75 Å². The van der Waals surface area contributed by atoms with Crippen LogP contribution in [0.5, 0.6) is 5.75 Å². The van der Waals surface area contributed by atoms with Crippen LogP contribution in [0.25, 0.3) is 0 Å². The minimum atomic E-state index is -4.56. The summed E-state index contributed by atoms with van der Waals surface area (Å²) in [5.41, 5.74) is -0.0706. The van der Waals surface area contributed by atoms with Gasteiger partial charge in [-0.3, -0.25) is 4.79 Å². The zero-order chi connectivity index (χ0) is 22.5. The number of alkyl halides is 3. The fourth-order valence-electron chi connectivity index (χ4n) is 2.59. The third-order valence-electron chi connectivity index (χ3n) is 4.02. The topological polar surface area (TPSA) is 75.7 Å². The minimum absolute atomic E-state index is 0.00461. The second-order valence-electron chi connectivity index (χ2n) is 6.12. The number of rotatable bonds is 8. The monoisotopic (exact) mass is 464 g/mol. The van der Waals surface area contributed by atoms with Crippen molar-refractivity contribution in [1.29, 1.82) is 0 Å². The van der Waals surface area contributed by atoms with Gasteiger partial charge in [0, 0.05) is 23.7 Å². The van der Waals surface area contributed by atoms with E-state index in [9.17, 15) is 26.4 Å². The van der Waals surface area contributed by atoms with E-state index in [4.69, 9.17) is 16.3 Å². The number of benzene rings is 2. The van der Waals surface area contributed by atoms with E-state index in [0.717, 1.165) is 0 Å². The van der Waals surface area contributed by atoms with Crippen LogP contribution in [-0.2, 0) is 10.0 Å². The Morgan fingerprint density at radius 3 is 2.40 bits per heavy atom. The van der Waals surface area contributed by atoms with Crippen LogP contribution >= 0.6 is 11.6 Å². The van der Waals surface area contributed by atoms with Gasteiger partial charge >= 0.3 is 6.18 Å². The van der Waals surface area contributed by atoms with Crippen molar-refractivity contribution in [3.63, 3.8) is 0 Å². The zero-order valence-corrected chi connectivity index (χ0v) is 17.7. The number of hydrogen-bond donors (Lipinski definition) is 1. The zero-order valence-electron chi connectivity index (χ0n) is 16.2. The Hall–Kier alpha value is -2.30. The van der Waals surface area contributed by atoms with Crippen LogP contribution in [0.15, 0.2) is 47.4 Å². The van der Waals surface area contributed by atoms with Gasteiger partial charge < -0.3 is 10.1 Å². The van der Waals surface area contributed by atoms with E-state index in [-0.39, 0.29) is 40.0 Å². The lowest BCUT2D eigenvalue weighted by Crippen LogP contribution is -2.30. The molecule has 0 heterocycles. The molecule has 0 saturated carbocycles. The van der Waals surface area contributed by atoms with E-state index < -0.39 is 28.7 Å². The number of hydrogen-bond acceptors (Lipinski definition) is 4. The van der Waals surface area contributed by atoms with Crippen molar-refractivity contribution >= 4 is 33.2 Å². The summed E-state index contributed by atoms with van der Waals surface area (Å²) in [6.07, 6.45) is -4.56. The average Bonchev–Trinajstić information content (AvgIpc) is 2.67. The van der Waals surface area contributed by atoms with E-state index in [1.165, 1.54) is 46.8 Å². The molecule has 0 fully saturated rings.